The van der Waals surface area contributed by atoms with Crippen molar-refractivity contribution < 1.29 is 9.47 Å². The molecule has 1 aliphatic carbocycles. The minimum Gasteiger partial charge on any atom is -0.465 e. The third-order valence-electron chi connectivity index (χ3n) is 6.09. The maximum absolute atomic E-state index is 6.45. The summed E-state index contributed by atoms with van der Waals surface area (Å²) in [5.41, 5.74) is 2.11. The van der Waals surface area contributed by atoms with E-state index in [-0.39, 0.29) is 17.1 Å². The fourth-order valence-corrected chi connectivity index (χ4v) is 4.50. The first-order chi connectivity index (χ1) is 13.7. The zero-order valence-corrected chi connectivity index (χ0v) is 21.3. The lowest BCUT2D eigenvalue weighted by atomic mass is 9.69. The fourth-order valence-electron chi connectivity index (χ4n) is 4.50. The van der Waals surface area contributed by atoms with Gasteiger partial charge in [-0.15, -0.1) is 0 Å². The van der Waals surface area contributed by atoms with Crippen LogP contribution in [0.1, 0.15) is 119 Å². The molecule has 0 N–H and O–H groups in total. The van der Waals surface area contributed by atoms with E-state index in [9.17, 15) is 0 Å². The summed E-state index contributed by atoms with van der Waals surface area (Å²) in [7, 11) is 0. The van der Waals surface area contributed by atoms with Gasteiger partial charge in [0.15, 0.2) is 0 Å². The van der Waals surface area contributed by atoms with Crippen molar-refractivity contribution in [2.75, 3.05) is 0 Å². The molecule has 2 atom stereocenters. The summed E-state index contributed by atoms with van der Waals surface area (Å²) >= 11 is 0. The van der Waals surface area contributed by atoms with Crippen LogP contribution in [0.5, 0.6) is 5.75 Å². The molecule has 1 fully saturated rings. The van der Waals surface area contributed by atoms with E-state index in [0.29, 0.717) is 17.4 Å². The van der Waals surface area contributed by atoms with E-state index >= 15 is 0 Å². The highest BCUT2D eigenvalue weighted by Gasteiger charge is 2.30. The van der Waals surface area contributed by atoms with Crippen LogP contribution in [0, 0.1) is 16.2 Å². The minimum absolute atomic E-state index is 0.170. The maximum atomic E-state index is 6.45. The summed E-state index contributed by atoms with van der Waals surface area (Å²) in [5, 5.41) is 0. The smallest absolute Gasteiger partial charge is 0.200 e. The Bertz CT molecular complexity index is 619. The van der Waals surface area contributed by atoms with Crippen molar-refractivity contribution in [3.8, 4) is 5.75 Å². The molecule has 0 bridgehead atoms. The van der Waals surface area contributed by atoms with Crippen molar-refractivity contribution in [2.45, 2.75) is 126 Å². The first kappa shape index (κ1) is 25.2. The van der Waals surface area contributed by atoms with Crippen LogP contribution >= 0.6 is 0 Å². The van der Waals surface area contributed by atoms with Gasteiger partial charge in [-0.2, -0.15) is 0 Å². The summed E-state index contributed by atoms with van der Waals surface area (Å²) in [6, 6.07) is 8.84. The summed E-state index contributed by atoms with van der Waals surface area (Å²) in [5.74, 6) is 1.45. The van der Waals surface area contributed by atoms with E-state index in [4.69, 9.17) is 9.47 Å². The van der Waals surface area contributed by atoms with Crippen LogP contribution in [0.25, 0.3) is 0 Å². The molecular formula is C28H48O2. The fraction of sp³-hybridized carbons (Fsp3) is 0.786. The highest BCUT2D eigenvalue weighted by molar-refractivity contribution is 5.30. The van der Waals surface area contributed by atoms with Crippen molar-refractivity contribution in [2.24, 2.45) is 16.2 Å². The van der Waals surface area contributed by atoms with Crippen molar-refractivity contribution in [1.29, 1.82) is 0 Å². The molecule has 1 aromatic carbocycles. The Kier molecular flexibility index (Phi) is 8.47. The van der Waals surface area contributed by atoms with Gasteiger partial charge in [0.25, 0.3) is 0 Å². The number of hydrogen-bond acceptors (Lipinski definition) is 2. The molecule has 0 aromatic heterocycles. The number of hydrogen-bond donors (Lipinski definition) is 0. The van der Waals surface area contributed by atoms with Gasteiger partial charge in [0.1, 0.15) is 5.75 Å². The van der Waals surface area contributed by atoms with Crippen LogP contribution in [-0.4, -0.2) is 12.4 Å². The average Bonchev–Trinajstić information content (AvgIpc) is 2.58. The van der Waals surface area contributed by atoms with E-state index in [1.165, 1.54) is 44.1 Å². The van der Waals surface area contributed by atoms with Crippen LogP contribution in [0.15, 0.2) is 24.3 Å². The number of rotatable bonds is 7. The first-order valence-electron chi connectivity index (χ1n) is 12.2. The summed E-state index contributed by atoms with van der Waals surface area (Å²) in [6.45, 7) is 20.8. The standard InChI is InChI=1S/C28H48O2/c1-26(2,3)19-24(28(7,8)9)21-15-17-23(18-16-21)30-25(20-27(4,5)6)29-22-13-11-10-12-14-22/h15-18,22,24-25H,10-14,19-20H2,1-9H3. The minimum atomic E-state index is -0.174. The summed E-state index contributed by atoms with van der Waals surface area (Å²) in [4.78, 5) is 0. The zero-order chi connectivity index (χ0) is 22.6. The lowest BCUT2D eigenvalue weighted by Gasteiger charge is -2.36. The van der Waals surface area contributed by atoms with E-state index in [0.717, 1.165) is 12.2 Å². The Balaban J connectivity index is 2.12. The Hall–Kier alpha value is -1.02. The molecular weight excluding hydrogens is 368 g/mol. The predicted molar refractivity (Wildman–Crippen MR) is 129 cm³/mol. The van der Waals surface area contributed by atoms with E-state index in [1.54, 1.807) is 0 Å². The molecule has 1 aromatic rings. The lowest BCUT2D eigenvalue weighted by molar-refractivity contribution is -0.142. The quantitative estimate of drug-likeness (QED) is 0.414. The molecule has 0 aliphatic heterocycles. The summed E-state index contributed by atoms with van der Waals surface area (Å²) < 4.78 is 12.8. The molecule has 2 heteroatoms. The summed E-state index contributed by atoms with van der Waals surface area (Å²) in [6.07, 6.45) is 8.50. The molecule has 0 radical (unpaired) electrons. The Morgan fingerprint density at radius 3 is 1.77 bits per heavy atom. The van der Waals surface area contributed by atoms with Gasteiger partial charge >= 0.3 is 0 Å². The van der Waals surface area contributed by atoms with Gasteiger partial charge in [-0.3, -0.25) is 0 Å². The second-order valence-electron chi connectivity index (χ2n) is 13.0. The topological polar surface area (TPSA) is 18.5 Å². The van der Waals surface area contributed by atoms with Gasteiger partial charge in [0.2, 0.25) is 6.29 Å². The average molecular weight is 417 g/mol. The van der Waals surface area contributed by atoms with E-state index in [1.807, 2.05) is 0 Å². The third kappa shape index (κ3) is 9.00. The lowest BCUT2D eigenvalue weighted by Crippen LogP contribution is -2.32. The van der Waals surface area contributed by atoms with Gasteiger partial charge in [-0.1, -0.05) is 93.7 Å². The van der Waals surface area contributed by atoms with Crippen molar-refractivity contribution in [3.05, 3.63) is 29.8 Å². The van der Waals surface area contributed by atoms with Gasteiger partial charge in [-0.25, -0.2) is 0 Å². The van der Waals surface area contributed by atoms with Gasteiger partial charge in [0, 0.05) is 6.42 Å². The Labute approximate surface area is 187 Å². The van der Waals surface area contributed by atoms with E-state index < -0.39 is 0 Å². The Morgan fingerprint density at radius 1 is 0.767 bits per heavy atom. The van der Waals surface area contributed by atoms with Crippen LogP contribution in [0.4, 0.5) is 0 Å². The molecule has 1 aliphatic rings. The highest BCUT2D eigenvalue weighted by atomic mass is 16.7. The van der Waals surface area contributed by atoms with Crippen LogP contribution < -0.4 is 4.74 Å². The molecule has 0 saturated heterocycles. The second kappa shape index (κ2) is 10.1. The molecule has 30 heavy (non-hydrogen) atoms. The molecule has 2 nitrogen and oxygen atoms in total. The number of ether oxygens (including phenoxy) is 2. The Morgan fingerprint density at radius 2 is 1.30 bits per heavy atom. The second-order valence-corrected chi connectivity index (χ2v) is 13.0. The zero-order valence-electron chi connectivity index (χ0n) is 21.3. The molecule has 0 amide bonds. The molecule has 2 rings (SSSR count). The SMILES string of the molecule is CC(C)(C)CC(Oc1ccc(C(CC(C)(C)C)C(C)(C)C)cc1)OC1CCCCC1. The van der Waals surface area contributed by atoms with E-state index in [2.05, 4.69) is 86.6 Å². The maximum Gasteiger partial charge on any atom is 0.200 e. The molecule has 1 saturated carbocycles. The van der Waals surface area contributed by atoms with Crippen LogP contribution in [-0.2, 0) is 4.74 Å². The molecule has 0 spiro atoms. The number of benzene rings is 1. The monoisotopic (exact) mass is 416 g/mol. The normalized spacial score (nSPS) is 18.8. The molecule has 0 heterocycles. The van der Waals surface area contributed by atoms with Gasteiger partial charge < -0.3 is 9.47 Å². The van der Waals surface area contributed by atoms with Crippen molar-refractivity contribution in [1.82, 2.24) is 0 Å². The first-order valence-corrected chi connectivity index (χ1v) is 12.2. The van der Waals surface area contributed by atoms with Crippen molar-refractivity contribution in [3.63, 3.8) is 0 Å². The van der Waals surface area contributed by atoms with Crippen LogP contribution in [0.2, 0.25) is 0 Å². The van der Waals surface area contributed by atoms with Crippen LogP contribution in [0.3, 0.4) is 0 Å². The molecule has 172 valence electrons. The van der Waals surface area contributed by atoms with Gasteiger partial charge in [-0.05, 0) is 59.1 Å². The largest absolute Gasteiger partial charge is 0.465 e. The predicted octanol–water partition coefficient (Wildman–Crippen LogP) is 8.74. The molecule has 2 unspecified atom stereocenters. The highest BCUT2D eigenvalue weighted by Crippen LogP contribution is 2.43. The third-order valence-corrected chi connectivity index (χ3v) is 6.09. The van der Waals surface area contributed by atoms with Gasteiger partial charge in [0.05, 0.1) is 6.10 Å². The van der Waals surface area contributed by atoms with Crippen molar-refractivity contribution >= 4 is 0 Å².